The van der Waals surface area contributed by atoms with E-state index in [0.717, 1.165) is 55.4 Å². The lowest BCUT2D eigenvalue weighted by molar-refractivity contribution is -0.137. The monoisotopic (exact) mass is 457 g/mol. The third kappa shape index (κ3) is 6.98. The molecule has 1 aliphatic heterocycles. The van der Waals surface area contributed by atoms with Crippen LogP contribution in [0.3, 0.4) is 0 Å². The number of nitrogens with one attached hydrogen (secondary N) is 1. The van der Waals surface area contributed by atoms with Crippen LogP contribution in [0.5, 0.6) is 0 Å². The van der Waals surface area contributed by atoms with Crippen molar-refractivity contribution in [1.29, 1.82) is 0 Å². The smallest absolute Gasteiger partial charge is 0.304 e. The SMILES string of the molecule is CC[C@H](c1ccc(C(COC)CC(=O)O)cc1Nc1ccc(COC)nc1)N1CCOCC1. The Bertz CT molecular complexity index is 884. The second-order valence-corrected chi connectivity index (χ2v) is 8.27. The van der Waals surface area contributed by atoms with Crippen molar-refractivity contribution in [3.63, 3.8) is 0 Å². The zero-order valence-electron chi connectivity index (χ0n) is 19.8. The van der Waals surface area contributed by atoms with Gasteiger partial charge in [0.1, 0.15) is 0 Å². The fraction of sp³-hybridized carbons (Fsp3) is 0.520. The summed E-state index contributed by atoms with van der Waals surface area (Å²) in [5.41, 5.74) is 4.80. The number of rotatable bonds is 12. The van der Waals surface area contributed by atoms with Gasteiger partial charge in [0.2, 0.25) is 0 Å². The van der Waals surface area contributed by atoms with E-state index in [2.05, 4.69) is 34.3 Å². The van der Waals surface area contributed by atoms with Crippen LogP contribution < -0.4 is 5.32 Å². The summed E-state index contributed by atoms with van der Waals surface area (Å²) in [6, 6.07) is 10.4. The maximum absolute atomic E-state index is 11.4. The topological polar surface area (TPSA) is 93.2 Å². The zero-order valence-corrected chi connectivity index (χ0v) is 19.8. The molecule has 8 heteroatoms. The Kier molecular flexibility index (Phi) is 9.62. The van der Waals surface area contributed by atoms with Gasteiger partial charge in [-0.25, -0.2) is 0 Å². The normalized spacial score (nSPS) is 16.3. The molecule has 1 fully saturated rings. The van der Waals surface area contributed by atoms with Crippen molar-refractivity contribution in [2.24, 2.45) is 0 Å². The van der Waals surface area contributed by atoms with Gasteiger partial charge < -0.3 is 24.6 Å². The van der Waals surface area contributed by atoms with Crippen LogP contribution in [-0.4, -0.2) is 68.1 Å². The molecule has 0 saturated carbocycles. The average molecular weight is 458 g/mol. The Labute approximate surface area is 195 Å². The van der Waals surface area contributed by atoms with Crippen molar-refractivity contribution in [3.05, 3.63) is 53.3 Å². The van der Waals surface area contributed by atoms with Crippen molar-refractivity contribution in [1.82, 2.24) is 9.88 Å². The molecule has 0 aliphatic carbocycles. The molecule has 2 aromatic rings. The molecule has 1 unspecified atom stereocenters. The van der Waals surface area contributed by atoms with Gasteiger partial charge in [-0.1, -0.05) is 19.1 Å². The molecule has 3 rings (SSSR count). The molecule has 33 heavy (non-hydrogen) atoms. The summed E-state index contributed by atoms with van der Waals surface area (Å²) < 4.78 is 16.0. The standard InChI is InChI=1S/C25H35N3O5/c1-4-24(28-9-11-33-12-10-28)22-8-5-18(19(16-31-2)14-25(29)30)13-23(22)27-20-6-7-21(17-32-3)26-15-20/h5-8,13,15,19,24,27H,4,9-12,14,16-17H2,1-3H3,(H,29,30)/t19?,24-/m1/s1. The number of carboxylic acids is 1. The first kappa shape index (κ1) is 25.1. The minimum atomic E-state index is -0.840. The number of carbonyl (C=O) groups is 1. The number of pyridine rings is 1. The van der Waals surface area contributed by atoms with Crippen LogP contribution in [0.25, 0.3) is 0 Å². The van der Waals surface area contributed by atoms with Gasteiger partial charge in [-0.3, -0.25) is 14.7 Å². The van der Waals surface area contributed by atoms with E-state index in [1.54, 1.807) is 20.4 Å². The number of morpholine rings is 1. The van der Waals surface area contributed by atoms with E-state index in [-0.39, 0.29) is 18.4 Å². The minimum Gasteiger partial charge on any atom is -0.481 e. The van der Waals surface area contributed by atoms with Crippen molar-refractivity contribution in [2.75, 3.05) is 52.4 Å². The predicted molar refractivity (Wildman–Crippen MR) is 127 cm³/mol. The van der Waals surface area contributed by atoms with Gasteiger partial charge in [-0.15, -0.1) is 0 Å². The summed E-state index contributed by atoms with van der Waals surface area (Å²) >= 11 is 0. The van der Waals surface area contributed by atoms with Crippen molar-refractivity contribution >= 4 is 17.3 Å². The van der Waals surface area contributed by atoms with Crippen LogP contribution >= 0.6 is 0 Å². The highest BCUT2D eigenvalue weighted by atomic mass is 16.5. The van der Waals surface area contributed by atoms with E-state index in [9.17, 15) is 9.90 Å². The number of anilines is 2. The van der Waals surface area contributed by atoms with Crippen molar-refractivity contribution < 1.29 is 24.1 Å². The van der Waals surface area contributed by atoms with Gasteiger partial charge in [0.25, 0.3) is 0 Å². The summed E-state index contributed by atoms with van der Waals surface area (Å²) in [7, 11) is 3.25. The molecule has 2 N–H and O–H groups in total. The third-order valence-corrected chi connectivity index (χ3v) is 5.97. The Morgan fingerprint density at radius 3 is 2.61 bits per heavy atom. The average Bonchev–Trinajstić information content (AvgIpc) is 2.82. The predicted octanol–water partition coefficient (Wildman–Crippen LogP) is 3.96. The first-order valence-corrected chi connectivity index (χ1v) is 11.4. The third-order valence-electron chi connectivity index (χ3n) is 5.97. The highest BCUT2D eigenvalue weighted by Crippen LogP contribution is 2.35. The van der Waals surface area contributed by atoms with Crippen LogP contribution in [0.4, 0.5) is 11.4 Å². The summed E-state index contributed by atoms with van der Waals surface area (Å²) in [5, 5.41) is 12.9. The molecule has 1 aliphatic rings. The van der Waals surface area contributed by atoms with Crippen molar-refractivity contribution in [2.45, 2.75) is 38.3 Å². The number of nitrogens with zero attached hydrogens (tertiary/aromatic N) is 2. The summed E-state index contributed by atoms with van der Waals surface area (Å²) in [6.07, 6.45) is 2.76. The number of ether oxygens (including phenoxy) is 3. The number of aromatic nitrogens is 1. The molecule has 1 aromatic heterocycles. The highest BCUT2D eigenvalue weighted by Gasteiger charge is 2.25. The van der Waals surface area contributed by atoms with Gasteiger partial charge >= 0.3 is 5.97 Å². The van der Waals surface area contributed by atoms with Gasteiger partial charge in [0.15, 0.2) is 0 Å². The number of hydrogen-bond donors (Lipinski definition) is 2. The van der Waals surface area contributed by atoms with E-state index in [0.29, 0.717) is 13.2 Å². The fourth-order valence-electron chi connectivity index (χ4n) is 4.36. The zero-order chi connectivity index (χ0) is 23.6. The van der Waals surface area contributed by atoms with Crippen LogP contribution in [0.15, 0.2) is 36.5 Å². The second kappa shape index (κ2) is 12.6. The molecule has 8 nitrogen and oxygen atoms in total. The minimum absolute atomic E-state index is 0.0145. The molecule has 2 heterocycles. The Morgan fingerprint density at radius 1 is 1.21 bits per heavy atom. The fourth-order valence-corrected chi connectivity index (χ4v) is 4.36. The van der Waals surface area contributed by atoms with Gasteiger partial charge in [-0.05, 0) is 35.7 Å². The van der Waals surface area contributed by atoms with Crippen LogP contribution in [0.1, 0.15) is 48.5 Å². The van der Waals surface area contributed by atoms with E-state index >= 15 is 0 Å². The molecular weight excluding hydrogens is 422 g/mol. The van der Waals surface area contributed by atoms with Crippen LogP contribution in [0.2, 0.25) is 0 Å². The summed E-state index contributed by atoms with van der Waals surface area (Å²) in [5.74, 6) is -1.07. The maximum atomic E-state index is 11.4. The quantitative estimate of drug-likeness (QED) is 0.495. The Morgan fingerprint density at radius 2 is 2.00 bits per heavy atom. The maximum Gasteiger partial charge on any atom is 0.304 e. The van der Waals surface area contributed by atoms with Gasteiger partial charge in [0.05, 0.1) is 50.4 Å². The van der Waals surface area contributed by atoms with E-state index in [1.807, 2.05) is 18.2 Å². The molecule has 0 bridgehead atoms. The number of aliphatic carboxylic acids is 1. The highest BCUT2D eigenvalue weighted by molar-refractivity contribution is 5.69. The second-order valence-electron chi connectivity index (χ2n) is 8.27. The van der Waals surface area contributed by atoms with E-state index < -0.39 is 5.97 Å². The first-order valence-electron chi connectivity index (χ1n) is 11.4. The Hall–Kier alpha value is -2.52. The largest absolute Gasteiger partial charge is 0.481 e. The molecule has 1 aromatic carbocycles. The van der Waals surface area contributed by atoms with Gasteiger partial charge in [-0.2, -0.15) is 0 Å². The van der Waals surface area contributed by atoms with Crippen LogP contribution in [0, 0.1) is 0 Å². The number of hydrogen-bond acceptors (Lipinski definition) is 7. The lowest BCUT2D eigenvalue weighted by atomic mass is 9.91. The molecule has 2 atom stereocenters. The molecule has 0 spiro atoms. The van der Waals surface area contributed by atoms with Crippen LogP contribution in [-0.2, 0) is 25.6 Å². The lowest BCUT2D eigenvalue weighted by Crippen LogP contribution is -2.39. The van der Waals surface area contributed by atoms with E-state index in [1.165, 1.54) is 5.56 Å². The summed E-state index contributed by atoms with van der Waals surface area (Å²) in [4.78, 5) is 18.4. The van der Waals surface area contributed by atoms with Crippen molar-refractivity contribution in [3.8, 4) is 0 Å². The molecule has 0 amide bonds. The number of benzene rings is 1. The van der Waals surface area contributed by atoms with Gasteiger partial charge in [0, 0.05) is 45.0 Å². The Balaban J connectivity index is 1.97. The number of methoxy groups -OCH3 is 2. The number of carboxylic acid groups (broad SMARTS) is 1. The van der Waals surface area contributed by atoms with E-state index in [4.69, 9.17) is 14.2 Å². The molecule has 0 radical (unpaired) electrons. The first-order chi connectivity index (χ1) is 16.0. The summed E-state index contributed by atoms with van der Waals surface area (Å²) in [6.45, 7) is 6.24. The molecular formula is C25H35N3O5. The molecule has 1 saturated heterocycles. The molecule has 180 valence electrons. The lowest BCUT2D eigenvalue weighted by Gasteiger charge is -2.35.